The van der Waals surface area contributed by atoms with Gasteiger partial charge < -0.3 is 45.1 Å². The van der Waals surface area contributed by atoms with E-state index in [1.165, 1.54) is 116 Å². The number of amides is 1. The van der Waals surface area contributed by atoms with Crippen LogP contribution in [0.5, 0.6) is 0 Å². The van der Waals surface area contributed by atoms with Crippen LogP contribution in [0.3, 0.4) is 0 Å². The largest absolute Gasteiger partial charge is 0.454 e. The van der Waals surface area contributed by atoms with Gasteiger partial charge in [0, 0.05) is 6.42 Å². The van der Waals surface area contributed by atoms with Crippen molar-refractivity contribution < 1.29 is 49.3 Å². The highest BCUT2D eigenvalue weighted by molar-refractivity contribution is 5.80. The standard InChI is InChI=1S/C57H105NO10/c1-4-7-10-13-16-19-22-25-27-30-33-36-39-42-45-52(62)68-55-54(64)53(63)51(46-59)67-57(55)66-47-48(49(60)43-40-37-34-31-28-24-21-18-15-12-9-6-3)58-56(65)50(61)44-41-38-35-32-29-26-23-20-17-14-11-8-5-2/h8,11,17,20,40,43,48-51,53-55,57,59-61,63-64H,4-7,9-10,12-16,18-19,21-39,41-42,44-47H2,1-3H3,(H,58,65)/b11-8+,20-17+,43-40+. The highest BCUT2D eigenvalue weighted by Crippen LogP contribution is 2.26. The molecule has 0 aromatic heterocycles. The minimum Gasteiger partial charge on any atom is -0.454 e. The third-order valence-electron chi connectivity index (χ3n) is 13.3. The summed E-state index contributed by atoms with van der Waals surface area (Å²) in [5.74, 6) is -1.20. The van der Waals surface area contributed by atoms with Crippen molar-refractivity contribution in [2.75, 3.05) is 13.2 Å². The third kappa shape index (κ3) is 34.2. The van der Waals surface area contributed by atoms with Crippen molar-refractivity contribution in [3.63, 3.8) is 0 Å². The number of unbranched alkanes of at least 4 members (excludes halogenated alkanes) is 29. The van der Waals surface area contributed by atoms with Gasteiger partial charge >= 0.3 is 5.97 Å². The molecule has 8 unspecified atom stereocenters. The maximum absolute atomic E-state index is 13.3. The SMILES string of the molecule is CC/C=C/C/C=C/CCCCCCCCC(O)C(=O)NC(COC1OC(CO)C(O)C(O)C1OC(=O)CCCCCCCCCCCCCCCC)C(O)/C=C/CCCCCCCCCCCC. The Bertz CT molecular complexity index is 1240. The van der Waals surface area contributed by atoms with Crippen LogP contribution in [0.4, 0.5) is 0 Å². The molecule has 11 heteroatoms. The van der Waals surface area contributed by atoms with Crippen LogP contribution in [0.2, 0.25) is 0 Å². The second kappa shape index (κ2) is 46.0. The van der Waals surface area contributed by atoms with Crippen LogP contribution >= 0.6 is 0 Å². The summed E-state index contributed by atoms with van der Waals surface area (Å²) in [7, 11) is 0. The minimum absolute atomic E-state index is 0.127. The molecule has 0 aliphatic carbocycles. The quantitative estimate of drug-likeness (QED) is 0.0196. The molecule has 398 valence electrons. The smallest absolute Gasteiger partial charge is 0.306 e. The number of carbonyl (C=O) groups is 2. The second-order valence-corrected chi connectivity index (χ2v) is 19.6. The molecule has 1 amide bonds. The molecule has 8 atom stereocenters. The molecule has 1 aliphatic rings. The Labute approximate surface area is 415 Å². The van der Waals surface area contributed by atoms with E-state index in [2.05, 4.69) is 50.4 Å². The monoisotopic (exact) mass is 964 g/mol. The van der Waals surface area contributed by atoms with Crippen molar-refractivity contribution in [3.8, 4) is 0 Å². The maximum Gasteiger partial charge on any atom is 0.306 e. The molecular formula is C57H105NO10. The van der Waals surface area contributed by atoms with Crippen molar-refractivity contribution in [3.05, 3.63) is 36.5 Å². The first-order valence-corrected chi connectivity index (χ1v) is 28.3. The molecule has 6 N–H and O–H groups in total. The van der Waals surface area contributed by atoms with Crippen LogP contribution in [-0.4, -0.2) is 99.6 Å². The Morgan fingerprint density at radius 2 is 1.06 bits per heavy atom. The average molecular weight is 964 g/mol. The topological polar surface area (TPSA) is 175 Å². The van der Waals surface area contributed by atoms with Gasteiger partial charge in [0.05, 0.1) is 25.4 Å². The van der Waals surface area contributed by atoms with Crippen molar-refractivity contribution in [2.24, 2.45) is 0 Å². The summed E-state index contributed by atoms with van der Waals surface area (Å²) in [5.41, 5.74) is 0. The van der Waals surface area contributed by atoms with Crippen LogP contribution in [0.1, 0.15) is 252 Å². The summed E-state index contributed by atoms with van der Waals surface area (Å²) < 4.78 is 17.6. The Balaban J connectivity index is 2.74. The summed E-state index contributed by atoms with van der Waals surface area (Å²) in [5, 5.41) is 56.7. The van der Waals surface area contributed by atoms with Gasteiger partial charge in [-0.15, -0.1) is 0 Å². The number of ether oxygens (including phenoxy) is 3. The van der Waals surface area contributed by atoms with Crippen molar-refractivity contribution in [1.29, 1.82) is 0 Å². The first-order valence-electron chi connectivity index (χ1n) is 28.3. The van der Waals surface area contributed by atoms with E-state index < -0.39 is 67.4 Å². The summed E-state index contributed by atoms with van der Waals surface area (Å²) >= 11 is 0. The fourth-order valence-corrected chi connectivity index (χ4v) is 8.81. The summed E-state index contributed by atoms with van der Waals surface area (Å²) in [4.78, 5) is 26.4. The number of carbonyl (C=O) groups excluding carboxylic acids is 2. The average Bonchev–Trinajstić information content (AvgIpc) is 3.33. The number of rotatable bonds is 47. The van der Waals surface area contributed by atoms with Gasteiger partial charge in [0.25, 0.3) is 0 Å². The van der Waals surface area contributed by atoms with Crippen LogP contribution in [-0.2, 0) is 23.8 Å². The lowest BCUT2D eigenvalue weighted by Gasteiger charge is -2.41. The number of aliphatic hydroxyl groups excluding tert-OH is 5. The molecule has 1 heterocycles. The molecule has 1 aliphatic heterocycles. The predicted molar refractivity (Wildman–Crippen MR) is 278 cm³/mol. The molecular weight excluding hydrogens is 859 g/mol. The number of allylic oxidation sites excluding steroid dienone is 5. The molecule has 1 saturated heterocycles. The molecule has 0 aromatic carbocycles. The summed E-state index contributed by atoms with van der Waals surface area (Å²) in [6.45, 7) is 5.67. The number of hydrogen-bond acceptors (Lipinski definition) is 10. The first-order chi connectivity index (χ1) is 33.2. The molecule has 0 aromatic rings. The zero-order valence-corrected chi connectivity index (χ0v) is 43.7. The molecule has 68 heavy (non-hydrogen) atoms. The molecule has 0 radical (unpaired) electrons. The van der Waals surface area contributed by atoms with E-state index in [4.69, 9.17) is 14.2 Å². The van der Waals surface area contributed by atoms with Gasteiger partial charge in [-0.05, 0) is 51.4 Å². The van der Waals surface area contributed by atoms with E-state index in [-0.39, 0.29) is 19.4 Å². The number of hydrogen-bond donors (Lipinski definition) is 6. The molecule has 0 bridgehead atoms. The van der Waals surface area contributed by atoms with Gasteiger partial charge in [-0.2, -0.15) is 0 Å². The lowest BCUT2D eigenvalue weighted by Crippen LogP contribution is -2.61. The van der Waals surface area contributed by atoms with E-state index in [1.807, 2.05) is 6.08 Å². The molecule has 1 rings (SSSR count). The van der Waals surface area contributed by atoms with Crippen LogP contribution in [0, 0.1) is 0 Å². The summed E-state index contributed by atoms with van der Waals surface area (Å²) in [6.07, 6.45) is 41.9. The highest BCUT2D eigenvalue weighted by atomic mass is 16.7. The number of esters is 1. The van der Waals surface area contributed by atoms with Crippen LogP contribution in [0.25, 0.3) is 0 Å². The van der Waals surface area contributed by atoms with Crippen LogP contribution < -0.4 is 5.32 Å². The Kier molecular flexibility index (Phi) is 43.2. The summed E-state index contributed by atoms with van der Waals surface area (Å²) in [6, 6.07) is -1.02. The molecule has 1 fully saturated rings. The highest BCUT2D eigenvalue weighted by Gasteiger charge is 2.47. The zero-order valence-electron chi connectivity index (χ0n) is 43.7. The molecule has 11 nitrogen and oxygen atoms in total. The van der Waals surface area contributed by atoms with Gasteiger partial charge in [-0.25, -0.2) is 0 Å². The first kappa shape index (κ1) is 63.9. The number of aliphatic hydroxyl groups is 5. The third-order valence-corrected chi connectivity index (χ3v) is 13.3. The van der Waals surface area contributed by atoms with Crippen molar-refractivity contribution in [2.45, 2.75) is 301 Å². The lowest BCUT2D eigenvalue weighted by molar-refractivity contribution is -0.305. The van der Waals surface area contributed by atoms with Crippen molar-refractivity contribution in [1.82, 2.24) is 5.32 Å². The van der Waals surface area contributed by atoms with E-state index in [9.17, 15) is 35.1 Å². The van der Waals surface area contributed by atoms with E-state index in [0.717, 1.165) is 89.9 Å². The number of nitrogens with one attached hydrogen (secondary N) is 1. The van der Waals surface area contributed by atoms with Gasteiger partial charge in [-0.3, -0.25) is 9.59 Å². The fraction of sp³-hybridized carbons (Fsp3) is 0.860. The molecule has 0 saturated carbocycles. The van der Waals surface area contributed by atoms with E-state index in [1.54, 1.807) is 6.08 Å². The van der Waals surface area contributed by atoms with E-state index >= 15 is 0 Å². The zero-order chi connectivity index (χ0) is 49.7. The Morgan fingerprint density at radius 3 is 1.57 bits per heavy atom. The minimum atomic E-state index is -1.61. The predicted octanol–water partition coefficient (Wildman–Crippen LogP) is 12.3. The van der Waals surface area contributed by atoms with E-state index in [0.29, 0.717) is 12.8 Å². The fourth-order valence-electron chi connectivity index (χ4n) is 8.81. The Morgan fingerprint density at radius 1 is 0.588 bits per heavy atom. The maximum atomic E-state index is 13.3. The van der Waals surface area contributed by atoms with Gasteiger partial charge in [0.1, 0.15) is 24.4 Å². The second-order valence-electron chi connectivity index (χ2n) is 19.6. The van der Waals surface area contributed by atoms with Crippen LogP contribution in [0.15, 0.2) is 36.5 Å². The van der Waals surface area contributed by atoms with Gasteiger partial charge in [-0.1, -0.05) is 231 Å². The van der Waals surface area contributed by atoms with Crippen molar-refractivity contribution >= 4 is 11.9 Å². The van der Waals surface area contributed by atoms with Gasteiger partial charge in [0.2, 0.25) is 5.91 Å². The normalized spacial score (nSPS) is 20.1. The van der Waals surface area contributed by atoms with Gasteiger partial charge in [0.15, 0.2) is 12.4 Å². The lowest BCUT2D eigenvalue weighted by atomic mass is 9.99. The Hall–Kier alpha value is -2.12. The molecule has 0 spiro atoms.